The van der Waals surface area contributed by atoms with Crippen molar-refractivity contribution < 1.29 is 33.8 Å². The number of halogens is 2. The van der Waals surface area contributed by atoms with Crippen molar-refractivity contribution in [2.24, 2.45) is 0 Å². The molecule has 0 bridgehead atoms. The first-order valence-electron chi connectivity index (χ1n) is 10.6. The van der Waals surface area contributed by atoms with Gasteiger partial charge in [-0.2, -0.15) is 0 Å². The summed E-state index contributed by atoms with van der Waals surface area (Å²) in [5.41, 5.74) is 1.93. The Hall–Kier alpha value is -3.88. The Bertz CT molecular complexity index is 1290. The molecule has 0 aliphatic rings. The molecule has 36 heavy (non-hydrogen) atoms. The lowest BCUT2D eigenvalue weighted by Gasteiger charge is -2.24. The Morgan fingerprint density at radius 2 is 1.22 bits per heavy atom. The Morgan fingerprint density at radius 3 is 1.67 bits per heavy atom. The molecule has 10 heteroatoms. The van der Waals surface area contributed by atoms with Gasteiger partial charge in [-0.05, 0) is 56.3 Å². The number of aryl methyl sites for hydroxylation is 2. The molecule has 3 aromatic carbocycles. The Balaban J connectivity index is 1.92. The number of amides is 1. The molecule has 2 N–H and O–H groups in total. The lowest BCUT2D eigenvalue weighted by atomic mass is 10.1. The summed E-state index contributed by atoms with van der Waals surface area (Å²) in [6, 6.07) is 16.5. The molecule has 1 amide bonds. The predicted molar refractivity (Wildman–Crippen MR) is 133 cm³/mol. The van der Waals surface area contributed by atoms with Gasteiger partial charge in [0.15, 0.2) is 0 Å². The Kier molecular flexibility index (Phi) is 8.68. The number of nitrogens with one attached hydrogen (secondary N) is 1. The topological polar surface area (TPSA) is 119 Å². The van der Waals surface area contributed by atoms with Gasteiger partial charge in [-0.15, -0.1) is 0 Å². The van der Waals surface area contributed by atoms with Crippen LogP contribution in [0.4, 0.5) is 5.69 Å². The highest BCUT2D eigenvalue weighted by atomic mass is 35.5. The molecule has 0 saturated heterocycles. The van der Waals surface area contributed by atoms with E-state index in [2.05, 4.69) is 5.32 Å². The van der Waals surface area contributed by atoms with Crippen molar-refractivity contribution in [3.8, 4) is 0 Å². The van der Waals surface area contributed by atoms with E-state index in [0.717, 1.165) is 11.1 Å². The van der Waals surface area contributed by atoms with Gasteiger partial charge in [0.25, 0.3) is 5.91 Å². The summed E-state index contributed by atoms with van der Waals surface area (Å²) in [5, 5.41) is 12.6. The normalized spacial score (nSPS) is 12.2. The molecule has 3 aromatic rings. The first-order valence-corrected chi connectivity index (χ1v) is 11.3. The summed E-state index contributed by atoms with van der Waals surface area (Å²) in [6.45, 7) is 3.62. The number of carbonyl (C=O) groups excluding carboxylic acids is 3. The van der Waals surface area contributed by atoms with Gasteiger partial charge in [0.2, 0.25) is 12.2 Å². The molecule has 0 aromatic heterocycles. The van der Waals surface area contributed by atoms with Crippen LogP contribution in [0, 0.1) is 13.8 Å². The van der Waals surface area contributed by atoms with Crippen LogP contribution in [0.5, 0.6) is 0 Å². The van der Waals surface area contributed by atoms with E-state index in [1.165, 1.54) is 42.5 Å². The summed E-state index contributed by atoms with van der Waals surface area (Å²) in [4.78, 5) is 50.7. The number of ether oxygens (including phenoxy) is 2. The average molecular weight is 530 g/mol. The zero-order valence-electron chi connectivity index (χ0n) is 19.2. The van der Waals surface area contributed by atoms with E-state index < -0.39 is 36.0 Å². The number of carboxylic acids is 1. The molecule has 8 nitrogen and oxygen atoms in total. The third kappa shape index (κ3) is 6.84. The van der Waals surface area contributed by atoms with Crippen molar-refractivity contribution in [1.82, 2.24) is 0 Å². The number of hydrogen-bond donors (Lipinski definition) is 2. The van der Waals surface area contributed by atoms with Gasteiger partial charge in [0.05, 0.1) is 21.8 Å². The molecule has 0 fully saturated rings. The molecule has 186 valence electrons. The molecule has 0 aliphatic carbocycles. The van der Waals surface area contributed by atoms with Crippen LogP contribution in [0.25, 0.3) is 0 Å². The van der Waals surface area contributed by atoms with E-state index in [1.54, 1.807) is 24.3 Å². The number of carboxylic acid groups (broad SMARTS) is 1. The van der Waals surface area contributed by atoms with Crippen LogP contribution in [-0.4, -0.2) is 41.1 Å². The quantitative estimate of drug-likeness (QED) is 0.390. The fourth-order valence-corrected chi connectivity index (χ4v) is 3.49. The van der Waals surface area contributed by atoms with Crippen molar-refractivity contribution in [2.45, 2.75) is 26.1 Å². The first kappa shape index (κ1) is 26.7. The van der Waals surface area contributed by atoms with Gasteiger partial charge in [0.1, 0.15) is 0 Å². The predicted octanol–water partition coefficient (Wildman–Crippen LogP) is 5.08. The fourth-order valence-electron chi connectivity index (χ4n) is 3.04. The molecule has 0 spiro atoms. The zero-order chi connectivity index (χ0) is 26.4. The van der Waals surface area contributed by atoms with E-state index in [0.29, 0.717) is 5.02 Å². The lowest BCUT2D eigenvalue weighted by Crippen LogP contribution is -2.48. The minimum Gasteiger partial charge on any atom is -0.478 e. The number of rotatable bonds is 8. The van der Waals surface area contributed by atoms with E-state index in [1.807, 2.05) is 13.8 Å². The summed E-state index contributed by atoms with van der Waals surface area (Å²) in [5.74, 6) is -4.79. The fraction of sp³-hybridized carbons (Fsp3) is 0.154. The number of carbonyl (C=O) groups is 4. The monoisotopic (exact) mass is 529 g/mol. The molecule has 0 radical (unpaired) electrons. The molecular formula is C26H21Cl2NO7. The third-order valence-electron chi connectivity index (χ3n) is 5.01. The van der Waals surface area contributed by atoms with Crippen LogP contribution in [0.2, 0.25) is 10.0 Å². The standard InChI is InChI=1S/C26H21Cl2NO7/c1-14-3-7-16(8-4-14)25(33)35-21(23(30)29-20-12-11-18(27)13-19(20)28)22(24(31)32)36-26(34)17-9-5-15(2)6-10-17/h3-13,21-22H,1-2H3,(H,29,30)(H,31,32)/t21-,22+/m1/s1. The van der Waals surface area contributed by atoms with Crippen molar-refractivity contribution in [2.75, 3.05) is 5.32 Å². The smallest absolute Gasteiger partial charge is 0.349 e. The minimum absolute atomic E-state index is 0.0524. The number of hydrogen-bond acceptors (Lipinski definition) is 6. The van der Waals surface area contributed by atoms with E-state index in [4.69, 9.17) is 32.7 Å². The van der Waals surface area contributed by atoms with Gasteiger partial charge in [-0.1, -0.05) is 58.6 Å². The number of aliphatic carboxylic acids is 1. The second-order valence-corrected chi connectivity index (χ2v) is 8.68. The van der Waals surface area contributed by atoms with Crippen molar-refractivity contribution >= 4 is 52.7 Å². The molecule has 2 atom stereocenters. The maximum absolute atomic E-state index is 13.1. The van der Waals surface area contributed by atoms with Crippen LogP contribution >= 0.6 is 23.2 Å². The summed E-state index contributed by atoms with van der Waals surface area (Å²) >= 11 is 12.0. The molecule has 0 aliphatic heterocycles. The Morgan fingerprint density at radius 1 is 0.750 bits per heavy atom. The number of benzene rings is 3. The molecule has 0 unspecified atom stereocenters. The summed E-state index contributed by atoms with van der Waals surface area (Å²) in [7, 11) is 0. The number of esters is 2. The summed E-state index contributed by atoms with van der Waals surface area (Å²) in [6.07, 6.45) is -4.23. The van der Waals surface area contributed by atoms with Crippen LogP contribution in [0.3, 0.4) is 0 Å². The highest BCUT2D eigenvalue weighted by Crippen LogP contribution is 2.26. The Labute approximate surface area is 216 Å². The highest BCUT2D eigenvalue weighted by Gasteiger charge is 2.41. The van der Waals surface area contributed by atoms with Gasteiger partial charge in [-0.25, -0.2) is 14.4 Å². The van der Waals surface area contributed by atoms with E-state index >= 15 is 0 Å². The lowest BCUT2D eigenvalue weighted by molar-refractivity contribution is -0.157. The SMILES string of the molecule is Cc1ccc(C(=O)O[C@H](C(=O)O)[C@@H](OC(=O)c2ccc(C)cc2)C(=O)Nc2ccc(Cl)cc2Cl)cc1. The molecule has 0 saturated carbocycles. The molecule has 3 rings (SSSR count). The zero-order valence-corrected chi connectivity index (χ0v) is 20.7. The van der Waals surface area contributed by atoms with Crippen LogP contribution in [0.1, 0.15) is 31.8 Å². The summed E-state index contributed by atoms with van der Waals surface area (Å²) < 4.78 is 10.4. The maximum atomic E-state index is 13.1. The van der Waals surface area contributed by atoms with E-state index in [-0.39, 0.29) is 21.8 Å². The number of anilines is 1. The average Bonchev–Trinajstić information content (AvgIpc) is 2.83. The van der Waals surface area contributed by atoms with Crippen molar-refractivity contribution in [3.63, 3.8) is 0 Å². The van der Waals surface area contributed by atoms with Crippen LogP contribution in [0.15, 0.2) is 66.7 Å². The first-order chi connectivity index (χ1) is 17.0. The van der Waals surface area contributed by atoms with Crippen LogP contribution < -0.4 is 5.32 Å². The minimum atomic E-state index is -2.17. The second kappa shape index (κ2) is 11.7. The van der Waals surface area contributed by atoms with Crippen molar-refractivity contribution in [3.05, 3.63) is 99.0 Å². The van der Waals surface area contributed by atoms with Gasteiger partial charge < -0.3 is 19.9 Å². The van der Waals surface area contributed by atoms with Crippen LogP contribution in [-0.2, 0) is 19.1 Å². The highest BCUT2D eigenvalue weighted by molar-refractivity contribution is 6.36. The van der Waals surface area contributed by atoms with E-state index in [9.17, 15) is 24.3 Å². The second-order valence-electron chi connectivity index (χ2n) is 7.84. The third-order valence-corrected chi connectivity index (χ3v) is 5.56. The molecule has 0 heterocycles. The largest absolute Gasteiger partial charge is 0.478 e. The molecular weight excluding hydrogens is 509 g/mol. The van der Waals surface area contributed by atoms with Gasteiger partial charge in [-0.3, -0.25) is 4.79 Å². The van der Waals surface area contributed by atoms with Gasteiger partial charge in [0, 0.05) is 5.02 Å². The van der Waals surface area contributed by atoms with Gasteiger partial charge >= 0.3 is 17.9 Å². The van der Waals surface area contributed by atoms with Crippen molar-refractivity contribution in [1.29, 1.82) is 0 Å². The maximum Gasteiger partial charge on any atom is 0.349 e.